The van der Waals surface area contributed by atoms with Crippen molar-refractivity contribution in [2.45, 2.75) is 37.0 Å². The number of halogens is 1. The van der Waals surface area contributed by atoms with Crippen molar-refractivity contribution in [2.24, 2.45) is 0 Å². The topological polar surface area (TPSA) is 37.4 Å². The van der Waals surface area contributed by atoms with Gasteiger partial charge in [0.2, 0.25) is 0 Å². The Balaban J connectivity index is 3.01. The zero-order valence-corrected chi connectivity index (χ0v) is 13.2. The molecule has 1 aromatic rings. The second-order valence-corrected chi connectivity index (χ2v) is 7.68. The lowest BCUT2D eigenvalue weighted by molar-refractivity contribution is 0.493. The Labute approximate surface area is 118 Å². The lowest BCUT2D eigenvalue weighted by atomic mass is 10.2. The van der Waals surface area contributed by atoms with Gasteiger partial charge < -0.3 is 0 Å². The summed E-state index contributed by atoms with van der Waals surface area (Å²) in [6, 6.07) is 4.97. The zero-order chi connectivity index (χ0) is 13.8. The molecule has 0 aliphatic carbocycles. The molecule has 0 aromatic heterocycles. The first kappa shape index (κ1) is 15.8. The molecular weight excluding hydrogens is 290 g/mol. The summed E-state index contributed by atoms with van der Waals surface area (Å²) in [5.74, 6) is 0. The molecular formula is C12H18ClNO2S2. The Hall–Kier alpha value is -0.230. The molecule has 1 aromatic carbocycles. The predicted octanol–water partition coefficient (Wildman–Crippen LogP) is 3.66. The van der Waals surface area contributed by atoms with Gasteiger partial charge in [0.05, 0.1) is 4.90 Å². The molecule has 3 nitrogen and oxygen atoms in total. The number of rotatable bonds is 6. The molecule has 0 amide bonds. The Bertz CT molecular complexity index is 503. The molecule has 0 saturated heterocycles. The van der Waals surface area contributed by atoms with E-state index in [-0.39, 0.29) is 4.90 Å². The minimum absolute atomic E-state index is 0.157. The quantitative estimate of drug-likeness (QED) is 0.594. The molecule has 0 fully saturated rings. The molecule has 0 spiro atoms. The third-order valence-electron chi connectivity index (χ3n) is 2.49. The fourth-order valence-electron chi connectivity index (χ4n) is 1.49. The van der Waals surface area contributed by atoms with Crippen molar-refractivity contribution in [2.75, 3.05) is 13.1 Å². The van der Waals surface area contributed by atoms with Crippen LogP contribution in [0.1, 0.15) is 25.8 Å². The van der Waals surface area contributed by atoms with Crippen molar-refractivity contribution in [3.63, 3.8) is 0 Å². The lowest BCUT2D eigenvalue weighted by Gasteiger charge is -2.19. The molecule has 1 rings (SSSR count). The molecule has 0 N–H and O–H groups in total. The van der Waals surface area contributed by atoms with Gasteiger partial charge in [-0.05, 0) is 43.0 Å². The van der Waals surface area contributed by atoms with Crippen LogP contribution < -0.4 is 0 Å². The van der Waals surface area contributed by atoms with Gasteiger partial charge in [-0.2, -0.15) is 0 Å². The number of hydrogen-bond donors (Lipinski definition) is 0. The molecule has 102 valence electrons. The summed E-state index contributed by atoms with van der Waals surface area (Å²) in [6.07, 6.45) is 1.06. The SMILES string of the molecule is CCCN(CC)Sc1cc(S(=O)(=O)Cl)ccc1C. The fraction of sp³-hybridized carbons (Fsp3) is 0.500. The van der Waals surface area contributed by atoms with E-state index in [1.807, 2.05) is 6.92 Å². The van der Waals surface area contributed by atoms with E-state index >= 15 is 0 Å². The molecule has 0 radical (unpaired) electrons. The highest BCUT2D eigenvalue weighted by Crippen LogP contribution is 2.29. The molecule has 0 aliphatic heterocycles. The molecule has 0 saturated carbocycles. The summed E-state index contributed by atoms with van der Waals surface area (Å²) in [6.45, 7) is 8.05. The van der Waals surface area contributed by atoms with Gasteiger partial charge in [-0.15, -0.1) is 0 Å². The van der Waals surface area contributed by atoms with Gasteiger partial charge in [0, 0.05) is 28.7 Å². The van der Waals surface area contributed by atoms with Crippen LogP contribution in [-0.4, -0.2) is 25.8 Å². The van der Waals surface area contributed by atoms with Gasteiger partial charge in [-0.3, -0.25) is 0 Å². The highest BCUT2D eigenvalue weighted by Gasteiger charge is 2.13. The molecule has 0 unspecified atom stereocenters. The average Bonchev–Trinajstić information content (AvgIpc) is 2.29. The first-order chi connectivity index (χ1) is 8.38. The van der Waals surface area contributed by atoms with Crippen LogP contribution in [0.15, 0.2) is 28.0 Å². The first-order valence-corrected chi connectivity index (χ1v) is 8.95. The monoisotopic (exact) mass is 307 g/mol. The predicted molar refractivity (Wildman–Crippen MR) is 77.6 cm³/mol. The van der Waals surface area contributed by atoms with Crippen LogP contribution in [0.3, 0.4) is 0 Å². The summed E-state index contributed by atoms with van der Waals surface area (Å²) < 4.78 is 24.8. The maximum atomic E-state index is 11.3. The summed E-state index contributed by atoms with van der Waals surface area (Å²) >= 11 is 1.58. The molecule has 0 bridgehead atoms. The normalized spacial score (nSPS) is 12.1. The number of hydrogen-bond acceptors (Lipinski definition) is 4. The van der Waals surface area contributed by atoms with Gasteiger partial charge >= 0.3 is 0 Å². The second kappa shape index (κ2) is 6.80. The van der Waals surface area contributed by atoms with E-state index < -0.39 is 9.05 Å². The van der Waals surface area contributed by atoms with Crippen LogP contribution in [0.4, 0.5) is 0 Å². The van der Waals surface area contributed by atoms with Gasteiger partial charge in [-0.25, -0.2) is 12.7 Å². The number of nitrogens with zero attached hydrogens (tertiary/aromatic N) is 1. The van der Waals surface area contributed by atoms with Crippen molar-refractivity contribution in [1.29, 1.82) is 0 Å². The van der Waals surface area contributed by atoms with Crippen LogP contribution in [0.2, 0.25) is 0 Å². The molecule has 0 aliphatic rings. The number of aryl methyl sites for hydroxylation is 1. The van der Waals surface area contributed by atoms with Gasteiger partial charge in [-0.1, -0.05) is 19.9 Å². The lowest BCUT2D eigenvalue weighted by Crippen LogP contribution is -2.15. The third kappa shape index (κ3) is 4.46. The Morgan fingerprint density at radius 3 is 2.50 bits per heavy atom. The third-order valence-corrected chi connectivity index (χ3v) is 5.18. The van der Waals surface area contributed by atoms with E-state index in [2.05, 4.69) is 18.2 Å². The molecule has 6 heteroatoms. The molecule has 0 atom stereocenters. The van der Waals surface area contributed by atoms with Crippen LogP contribution in [0.25, 0.3) is 0 Å². The van der Waals surface area contributed by atoms with E-state index in [4.69, 9.17) is 10.7 Å². The van der Waals surface area contributed by atoms with Gasteiger partial charge in [0.25, 0.3) is 9.05 Å². The van der Waals surface area contributed by atoms with Crippen molar-refractivity contribution in [3.05, 3.63) is 23.8 Å². The summed E-state index contributed by atoms with van der Waals surface area (Å²) in [4.78, 5) is 1.09. The van der Waals surface area contributed by atoms with E-state index in [1.54, 1.807) is 24.1 Å². The molecule has 18 heavy (non-hydrogen) atoms. The number of benzene rings is 1. The largest absolute Gasteiger partial charge is 0.261 e. The van der Waals surface area contributed by atoms with E-state index in [0.29, 0.717) is 0 Å². The van der Waals surface area contributed by atoms with Gasteiger partial charge in [0.15, 0.2) is 0 Å². The van der Waals surface area contributed by atoms with Crippen LogP contribution in [-0.2, 0) is 9.05 Å². The van der Waals surface area contributed by atoms with Crippen molar-refractivity contribution in [3.8, 4) is 0 Å². The second-order valence-electron chi connectivity index (χ2n) is 3.98. The minimum Gasteiger partial charge on any atom is -0.247 e. The zero-order valence-electron chi connectivity index (χ0n) is 10.8. The average molecular weight is 308 g/mol. The maximum absolute atomic E-state index is 11.3. The fourth-order valence-corrected chi connectivity index (χ4v) is 3.41. The highest BCUT2D eigenvalue weighted by atomic mass is 35.7. The molecule has 0 heterocycles. The van der Waals surface area contributed by atoms with E-state index in [9.17, 15) is 8.42 Å². The Morgan fingerprint density at radius 2 is 2.00 bits per heavy atom. The first-order valence-electron chi connectivity index (χ1n) is 5.86. The highest BCUT2D eigenvalue weighted by molar-refractivity contribution is 8.13. The van der Waals surface area contributed by atoms with E-state index in [0.717, 1.165) is 30.0 Å². The summed E-state index contributed by atoms with van der Waals surface area (Å²) in [7, 11) is 1.71. The van der Waals surface area contributed by atoms with Crippen LogP contribution in [0, 0.1) is 6.92 Å². The van der Waals surface area contributed by atoms with Crippen LogP contribution >= 0.6 is 22.6 Å². The van der Waals surface area contributed by atoms with Crippen molar-refractivity contribution in [1.82, 2.24) is 4.31 Å². The van der Waals surface area contributed by atoms with Gasteiger partial charge in [0.1, 0.15) is 0 Å². The maximum Gasteiger partial charge on any atom is 0.261 e. The minimum atomic E-state index is -3.66. The van der Waals surface area contributed by atoms with Crippen LogP contribution in [0.5, 0.6) is 0 Å². The smallest absolute Gasteiger partial charge is 0.247 e. The summed E-state index contributed by atoms with van der Waals surface area (Å²) in [5, 5.41) is 0. The van der Waals surface area contributed by atoms with Crippen molar-refractivity contribution >= 4 is 31.7 Å². The van der Waals surface area contributed by atoms with E-state index in [1.165, 1.54) is 6.07 Å². The standard InChI is InChI=1S/C12H18ClNO2S2/c1-4-8-14(5-2)17-12-9-11(18(13,15)16)7-6-10(12)3/h6-7,9H,4-5,8H2,1-3H3. The Morgan fingerprint density at radius 1 is 1.33 bits per heavy atom. The Kier molecular flexibility index (Phi) is 5.98. The summed E-state index contributed by atoms with van der Waals surface area (Å²) in [5.41, 5.74) is 1.05. The van der Waals surface area contributed by atoms with Crippen molar-refractivity contribution < 1.29 is 8.42 Å².